The standard InChI is InChI=1S/C19H25N3O4/c1-2-21(11-6-12-23)16(24)13-22-17(25)19(20-18(22)26)10-5-8-14-7-3-4-9-15(14)19/h3-4,7,9,23H,2,5-6,8,10-13H2,1H3,(H,20,26). The third-order valence-electron chi connectivity index (χ3n) is 5.26. The first-order chi connectivity index (χ1) is 12.5. The van der Waals surface area contributed by atoms with Gasteiger partial charge in [-0.05, 0) is 43.7 Å². The lowest BCUT2D eigenvalue weighted by atomic mass is 9.76. The van der Waals surface area contributed by atoms with Crippen LogP contribution in [0.15, 0.2) is 24.3 Å². The fourth-order valence-corrected chi connectivity index (χ4v) is 3.91. The number of carbonyl (C=O) groups excluding carboxylic acids is 3. The Morgan fingerprint density at radius 1 is 1.35 bits per heavy atom. The van der Waals surface area contributed by atoms with Crippen LogP contribution < -0.4 is 5.32 Å². The van der Waals surface area contributed by atoms with E-state index in [1.807, 2.05) is 31.2 Å². The van der Waals surface area contributed by atoms with Crippen molar-refractivity contribution in [1.82, 2.24) is 15.1 Å². The molecule has 1 spiro atoms. The Labute approximate surface area is 153 Å². The molecule has 0 bridgehead atoms. The average molecular weight is 359 g/mol. The van der Waals surface area contributed by atoms with Crippen LogP contribution in [0.25, 0.3) is 0 Å². The molecule has 1 saturated heterocycles. The van der Waals surface area contributed by atoms with E-state index in [0.29, 0.717) is 25.9 Å². The number of amides is 4. The maximum Gasteiger partial charge on any atom is 0.325 e. The molecule has 0 aromatic heterocycles. The number of aliphatic hydroxyl groups is 1. The van der Waals surface area contributed by atoms with E-state index in [1.165, 1.54) is 0 Å². The van der Waals surface area contributed by atoms with Gasteiger partial charge >= 0.3 is 6.03 Å². The summed E-state index contributed by atoms with van der Waals surface area (Å²) in [4.78, 5) is 40.8. The number of aryl methyl sites for hydroxylation is 1. The van der Waals surface area contributed by atoms with Crippen molar-refractivity contribution in [3.8, 4) is 0 Å². The number of hydrogen-bond donors (Lipinski definition) is 2. The molecule has 1 atom stereocenters. The van der Waals surface area contributed by atoms with Gasteiger partial charge < -0.3 is 15.3 Å². The lowest BCUT2D eigenvalue weighted by molar-refractivity contribution is -0.139. The van der Waals surface area contributed by atoms with E-state index in [1.54, 1.807) is 4.90 Å². The summed E-state index contributed by atoms with van der Waals surface area (Å²) in [7, 11) is 0. The summed E-state index contributed by atoms with van der Waals surface area (Å²) in [6, 6.07) is 7.15. The fourth-order valence-electron chi connectivity index (χ4n) is 3.91. The highest BCUT2D eigenvalue weighted by Gasteiger charge is 2.54. The van der Waals surface area contributed by atoms with E-state index >= 15 is 0 Å². The van der Waals surface area contributed by atoms with Crippen molar-refractivity contribution in [2.45, 2.75) is 38.1 Å². The maximum atomic E-state index is 13.1. The van der Waals surface area contributed by atoms with Gasteiger partial charge in [-0.2, -0.15) is 0 Å². The summed E-state index contributed by atoms with van der Waals surface area (Å²) in [6.45, 7) is 2.43. The molecule has 1 aliphatic carbocycles. The molecule has 7 heteroatoms. The lowest BCUT2D eigenvalue weighted by Gasteiger charge is -2.33. The van der Waals surface area contributed by atoms with Crippen molar-refractivity contribution < 1.29 is 19.5 Å². The van der Waals surface area contributed by atoms with Crippen molar-refractivity contribution >= 4 is 17.8 Å². The van der Waals surface area contributed by atoms with Crippen LogP contribution in [0, 0.1) is 0 Å². The molecule has 2 N–H and O–H groups in total. The molecule has 0 saturated carbocycles. The second-order valence-corrected chi connectivity index (χ2v) is 6.79. The summed E-state index contributed by atoms with van der Waals surface area (Å²) >= 11 is 0. The molecule has 7 nitrogen and oxygen atoms in total. The van der Waals surface area contributed by atoms with E-state index in [2.05, 4.69) is 5.32 Å². The van der Waals surface area contributed by atoms with E-state index in [-0.39, 0.29) is 25.0 Å². The third kappa shape index (κ3) is 3.07. The smallest absolute Gasteiger partial charge is 0.325 e. The van der Waals surface area contributed by atoms with Gasteiger partial charge in [0.1, 0.15) is 12.1 Å². The number of aliphatic hydroxyl groups excluding tert-OH is 1. The molecular formula is C19H25N3O4. The topological polar surface area (TPSA) is 89.9 Å². The SMILES string of the molecule is CCN(CCCO)C(=O)CN1C(=O)NC2(CCCc3ccccc32)C1=O. The average Bonchev–Trinajstić information content (AvgIpc) is 2.87. The summed E-state index contributed by atoms with van der Waals surface area (Å²) in [6.07, 6.45) is 2.70. The lowest BCUT2D eigenvalue weighted by Crippen LogP contribution is -2.47. The molecule has 1 unspecified atom stereocenters. The predicted octanol–water partition coefficient (Wildman–Crippen LogP) is 1.00. The number of nitrogens with one attached hydrogen (secondary N) is 1. The summed E-state index contributed by atoms with van der Waals surface area (Å²) < 4.78 is 0. The number of benzene rings is 1. The number of carbonyl (C=O) groups is 3. The number of rotatable bonds is 6. The van der Waals surface area contributed by atoms with Gasteiger partial charge in [0, 0.05) is 19.7 Å². The molecule has 26 heavy (non-hydrogen) atoms. The van der Waals surface area contributed by atoms with Gasteiger partial charge in [0.2, 0.25) is 5.91 Å². The minimum Gasteiger partial charge on any atom is -0.396 e. The van der Waals surface area contributed by atoms with Crippen molar-refractivity contribution in [2.24, 2.45) is 0 Å². The van der Waals surface area contributed by atoms with Crippen LogP contribution >= 0.6 is 0 Å². The molecule has 0 radical (unpaired) electrons. The molecule has 1 aromatic carbocycles. The Hall–Kier alpha value is -2.41. The second kappa shape index (κ2) is 7.45. The van der Waals surface area contributed by atoms with E-state index in [0.717, 1.165) is 28.9 Å². The second-order valence-electron chi connectivity index (χ2n) is 6.79. The number of fused-ring (bicyclic) bond motifs is 2. The van der Waals surface area contributed by atoms with Crippen LogP contribution in [-0.4, -0.2) is 59.0 Å². The highest BCUT2D eigenvalue weighted by molar-refractivity contribution is 6.09. The van der Waals surface area contributed by atoms with Gasteiger partial charge in [-0.25, -0.2) is 4.79 Å². The Kier molecular flexibility index (Phi) is 5.27. The number of imide groups is 1. The highest BCUT2D eigenvalue weighted by atomic mass is 16.3. The quantitative estimate of drug-likeness (QED) is 0.742. The summed E-state index contributed by atoms with van der Waals surface area (Å²) in [5.74, 6) is -0.633. The number of likely N-dealkylation sites (N-methyl/N-ethyl adjacent to an activating group) is 1. The Morgan fingerprint density at radius 3 is 2.85 bits per heavy atom. The molecule has 1 heterocycles. The molecule has 1 aromatic rings. The molecule has 1 fully saturated rings. The van der Waals surface area contributed by atoms with E-state index in [9.17, 15) is 14.4 Å². The van der Waals surface area contributed by atoms with E-state index < -0.39 is 11.6 Å². The van der Waals surface area contributed by atoms with Crippen molar-refractivity contribution in [3.05, 3.63) is 35.4 Å². The molecule has 1 aliphatic heterocycles. The van der Waals surface area contributed by atoms with Gasteiger partial charge in [0.25, 0.3) is 5.91 Å². The van der Waals surface area contributed by atoms with Gasteiger partial charge in [0.15, 0.2) is 0 Å². The van der Waals surface area contributed by atoms with Crippen LogP contribution in [0.4, 0.5) is 4.79 Å². The first kappa shape index (κ1) is 18.4. The first-order valence-electron chi connectivity index (χ1n) is 9.14. The molecule has 3 rings (SSSR count). The first-order valence-corrected chi connectivity index (χ1v) is 9.14. The van der Waals surface area contributed by atoms with Crippen LogP contribution in [0.1, 0.15) is 37.3 Å². The number of hydrogen-bond acceptors (Lipinski definition) is 4. The Bertz CT molecular complexity index is 720. The van der Waals surface area contributed by atoms with Gasteiger partial charge in [-0.15, -0.1) is 0 Å². The zero-order valence-electron chi connectivity index (χ0n) is 15.0. The predicted molar refractivity (Wildman–Crippen MR) is 95.3 cm³/mol. The molecule has 4 amide bonds. The normalized spacial score (nSPS) is 21.7. The zero-order chi connectivity index (χ0) is 18.7. The third-order valence-corrected chi connectivity index (χ3v) is 5.26. The minimum atomic E-state index is -1.05. The highest BCUT2D eigenvalue weighted by Crippen LogP contribution is 2.39. The van der Waals surface area contributed by atoms with Crippen LogP contribution in [0.3, 0.4) is 0 Å². The van der Waals surface area contributed by atoms with Gasteiger partial charge in [-0.3, -0.25) is 14.5 Å². The van der Waals surface area contributed by atoms with Crippen molar-refractivity contribution in [1.29, 1.82) is 0 Å². The van der Waals surface area contributed by atoms with Crippen LogP contribution in [-0.2, 0) is 21.5 Å². The maximum absolute atomic E-state index is 13.1. The monoisotopic (exact) mass is 359 g/mol. The molecule has 2 aliphatic rings. The summed E-state index contributed by atoms with van der Waals surface area (Å²) in [5.41, 5.74) is 0.861. The van der Waals surface area contributed by atoms with E-state index in [4.69, 9.17) is 5.11 Å². The fraction of sp³-hybridized carbons (Fsp3) is 0.526. The molecule has 140 valence electrons. The molecular weight excluding hydrogens is 334 g/mol. The Balaban J connectivity index is 1.81. The van der Waals surface area contributed by atoms with Crippen molar-refractivity contribution in [3.63, 3.8) is 0 Å². The number of urea groups is 1. The minimum absolute atomic E-state index is 0.00714. The number of nitrogens with zero attached hydrogens (tertiary/aromatic N) is 2. The van der Waals surface area contributed by atoms with Crippen LogP contribution in [0.5, 0.6) is 0 Å². The van der Waals surface area contributed by atoms with Crippen molar-refractivity contribution in [2.75, 3.05) is 26.2 Å². The zero-order valence-corrected chi connectivity index (χ0v) is 15.0. The largest absolute Gasteiger partial charge is 0.396 e. The Morgan fingerprint density at radius 2 is 2.12 bits per heavy atom. The van der Waals surface area contributed by atoms with Crippen LogP contribution in [0.2, 0.25) is 0 Å². The van der Waals surface area contributed by atoms with Gasteiger partial charge in [0.05, 0.1) is 0 Å². The summed E-state index contributed by atoms with van der Waals surface area (Å²) in [5, 5.41) is 11.8. The van der Waals surface area contributed by atoms with Gasteiger partial charge in [-0.1, -0.05) is 24.3 Å².